The van der Waals surface area contributed by atoms with Crippen molar-refractivity contribution in [2.75, 3.05) is 19.6 Å². The Balaban J connectivity index is 2.35. The Kier molecular flexibility index (Phi) is 10.7. The van der Waals surface area contributed by atoms with Gasteiger partial charge in [-0.25, -0.2) is 8.42 Å². The molecule has 0 saturated heterocycles. The largest absolute Gasteiger partial charge is 0.501 e. The number of halogens is 3. The van der Waals surface area contributed by atoms with Gasteiger partial charge in [-0.05, 0) is 59.6 Å². The maximum absolute atomic E-state index is 13.2. The van der Waals surface area contributed by atoms with Gasteiger partial charge in [0.15, 0.2) is 0 Å². The lowest BCUT2D eigenvalue weighted by Crippen LogP contribution is -2.33. The van der Waals surface area contributed by atoms with Crippen molar-refractivity contribution in [2.24, 2.45) is 0 Å². The normalized spacial score (nSPS) is 11.9. The fourth-order valence-corrected chi connectivity index (χ4v) is 4.66. The molecule has 0 aliphatic carbocycles. The quantitative estimate of drug-likeness (QED) is 0.234. The average molecular weight is 536 g/mol. The number of rotatable bonds is 13. The summed E-state index contributed by atoms with van der Waals surface area (Å²) in [4.78, 5) is 12.8. The molecule has 0 fully saturated rings. The Morgan fingerprint density at radius 3 is 2.41 bits per heavy atom. The maximum Gasteiger partial charge on any atom is 0.501 e. The van der Waals surface area contributed by atoms with Gasteiger partial charge in [0.1, 0.15) is 0 Å². The third-order valence-corrected chi connectivity index (χ3v) is 7.36. The summed E-state index contributed by atoms with van der Waals surface area (Å²) < 4.78 is 63.4. The van der Waals surface area contributed by atoms with Gasteiger partial charge in [0.05, 0.1) is 4.90 Å². The molecule has 11 heteroatoms. The van der Waals surface area contributed by atoms with Crippen LogP contribution < -0.4 is 10.8 Å². The number of sulfone groups is 1. The van der Waals surface area contributed by atoms with Crippen molar-refractivity contribution < 1.29 is 31.4 Å². The number of hydrogen-bond acceptors (Lipinski definition) is 5. The highest BCUT2D eigenvalue weighted by atomic mass is 32.2. The summed E-state index contributed by atoms with van der Waals surface area (Å²) >= 11 is 0. The molecule has 200 valence electrons. The Hall–Kier alpha value is -2.89. The fourth-order valence-electron chi connectivity index (χ4n) is 3.84. The molecule has 0 bridgehead atoms. The molecule has 1 amide bonds. The van der Waals surface area contributed by atoms with Crippen molar-refractivity contribution >= 4 is 34.3 Å². The van der Waals surface area contributed by atoms with E-state index in [0.29, 0.717) is 37.1 Å². The third kappa shape index (κ3) is 8.05. The summed E-state index contributed by atoms with van der Waals surface area (Å²) in [5.41, 5.74) is -1.65. The number of nitrogens with zero attached hydrogens (tertiary/aromatic N) is 1. The zero-order valence-corrected chi connectivity index (χ0v) is 21.9. The Bertz CT molecular complexity index is 1250. The van der Waals surface area contributed by atoms with Crippen LogP contribution in [0.15, 0.2) is 66.1 Å². The first-order valence-electron chi connectivity index (χ1n) is 11.8. The van der Waals surface area contributed by atoms with Gasteiger partial charge < -0.3 is 10.3 Å². The topological polar surface area (TPSA) is 86.7 Å². The monoisotopic (exact) mass is 536 g/mol. The van der Waals surface area contributed by atoms with Gasteiger partial charge in [-0.1, -0.05) is 50.4 Å². The van der Waals surface area contributed by atoms with E-state index in [0.717, 1.165) is 35.3 Å². The molecular formula is C26H32BF3N2O4S. The van der Waals surface area contributed by atoms with Gasteiger partial charge in [0, 0.05) is 31.8 Å². The summed E-state index contributed by atoms with van der Waals surface area (Å²) in [6, 6.07) is 10.8. The van der Waals surface area contributed by atoms with Crippen molar-refractivity contribution in [1.29, 1.82) is 0 Å². The Labute approximate surface area is 217 Å². The number of aryl methyl sites for hydroxylation is 1. The molecule has 0 atom stereocenters. The van der Waals surface area contributed by atoms with Gasteiger partial charge >= 0.3 is 13.0 Å². The van der Waals surface area contributed by atoms with Gasteiger partial charge in [-0.3, -0.25) is 9.69 Å². The SMILES string of the molecule is C=C(C)C(=O)NCCCN(CC(=C)c1ccccc1CC)Cc1cc(S(=O)(=O)C(F)(F)F)ccc1BO. The molecular weight excluding hydrogens is 504 g/mol. The molecule has 0 spiro atoms. The number of nitrogens with one attached hydrogen (secondary N) is 1. The van der Waals surface area contributed by atoms with Crippen molar-refractivity contribution in [3.8, 4) is 0 Å². The number of carbonyl (C=O) groups excluding carboxylic acids is 1. The second kappa shape index (κ2) is 13.1. The van der Waals surface area contributed by atoms with Crippen LogP contribution in [0, 0.1) is 0 Å². The van der Waals surface area contributed by atoms with Crippen LogP contribution in [0.25, 0.3) is 5.57 Å². The summed E-state index contributed by atoms with van der Waals surface area (Å²) in [5.74, 6) is -0.277. The Morgan fingerprint density at radius 1 is 1.14 bits per heavy atom. The molecule has 0 aliphatic heterocycles. The van der Waals surface area contributed by atoms with E-state index in [1.54, 1.807) is 6.92 Å². The predicted octanol–water partition coefficient (Wildman–Crippen LogP) is 3.11. The molecule has 2 N–H and O–H groups in total. The van der Waals surface area contributed by atoms with Crippen LogP contribution >= 0.6 is 0 Å². The lowest BCUT2D eigenvalue weighted by atomic mass is 9.84. The molecule has 6 nitrogen and oxygen atoms in total. The zero-order chi connectivity index (χ0) is 27.8. The van der Waals surface area contributed by atoms with E-state index in [1.165, 1.54) is 6.07 Å². The molecule has 2 aromatic rings. The molecule has 0 saturated carbocycles. The van der Waals surface area contributed by atoms with E-state index in [1.807, 2.05) is 36.1 Å². The number of carbonyl (C=O) groups is 1. The van der Waals surface area contributed by atoms with Crippen LogP contribution in [-0.4, -0.2) is 56.9 Å². The molecule has 0 radical (unpaired) electrons. The lowest BCUT2D eigenvalue weighted by Gasteiger charge is -2.26. The second-order valence-corrected chi connectivity index (χ2v) is 10.7. The van der Waals surface area contributed by atoms with Crippen LogP contribution in [0.3, 0.4) is 0 Å². The van der Waals surface area contributed by atoms with Crippen molar-refractivity contribution in [1.82, 2.24) is 10.2 Å². The van der Waals surface area contributed by atoms with E-state index < -0.39 is 27.7 Å². The minimum absolute atomic E-state index is 0.0683. The highest BCUT2D eigenvalue weighted by Gasteiger charge is 2.47. The second-order valence-electron chi connectivity index (χ2n) is 8.75. The number of amides is 1. The first-order valence-corrected chi connectivity index (χ1v) is 13.3. The van der Waals surface area contributed by atoms with E-state index >= 15 is 0 Å². The van der Waals surface area contributed by atoms with E-state index in [4.69, 9.17) is 0 Å². The lowest BCUT2D eigenvalue weighted by molar-refractivity contribution is -0.117. The van der Waals surface area contributed by atoms with E-state index in [-0.39, 0.29) is 18.0 Å². The first-order chi connectivity index (χ1) is 17.3. The maximum atomic E-state index is 13.2. The number of alkyl halides is 3. The molecule has 0 aliphatic rings. The minimum atomic E-state index is -5.55. The number of benzene rings is 2. The molecule has 0 unspecified atom stereocenters. The summed E-state index contributed by atoms with van der Waals surface area (Å²) in [6.45, 7) is 12.6. The first kappa shape index (κ1) is 30.3. The predicted molar refractivity (Wildman–Crippen MR) is 141 cm³/mol. The van der Waals surface area contributed by atoms with Crippen molar-refractivity contribution in [2.45, 2.75) is 43.6 Å². The zero-order valence-electron chi connectivity index (χ0n) is 21.1. The fraction of sp³-hybridized carbons (Fsp3) is 0.346. The van der Waals surface area contributed by atoms with Gasteiger partial charge in [-0.15, -0.1) is 0 Å². The van der Waals surface area contributed by atoms with Crippen LogP contribution in [-0.2, 0) is 27.6 Å². The van der Waals surface area contributed by atoms with Crippen LogP contribution in [0.1, 0.15) is 37.0 Å². The highest BCUT2D eigenvalue weighted by Crippen LogP contribution is 2.30. The number of hydrogen-bond donors (Lipinski definition) is 2. The average Bonchev–Trinajstić information content (AvgIpc) is 2.85. The standard InChI is InChI=1S/C26H32BF3N2O4S/c1-5-20-9-6-7-10-23(20)19(4)16-32(14-8-13-31-25(33)18(2)3)17-21-15-22(11-12-24(21)27-34)37(35,36)26(28,29)30/h6-7,9-12,15,27,34H,2,4-5,8,13-14,16-17H2,1,3H3,(H,31,33). The summed E-state index contributed by atoms with van der Waals surface area (Å²) in [6.07, 6.45) is 1.30. The van der Waals surface area contributed by atoms with Gasteiger partial charge in [0.25, 0.3) is 9.84 Å². The molecule has 0 aromatic heterocycles. The summed E-state index contributed by atoms with van der Waals surface area (Å²) in [7, 11) is -6.02. The molecule has 2 rings (SSSR count). The van der Waals surface area contributed by atoms with Crippen LogP contribution in [0.5, 0.6) is 0 Å². The summed E-state index contributed by atoms with van der Waals surface area (Å²) in [5, 5.41) is 12.5. The van der Waals surface area contributed by atoms with E-state index in [2.05, 4.69) is 18.5 Å². The highest BCUT2D eigenvalue weighted by molar-refractivity contribution is 7.92. The van der Waals surface area contributed by atoms with Crippen LogP contribution in [0.2, 0.25) is 0 Å². The smallest absolute Gasteiger partial charge is 0.449 e. The third-order valence-electron chi connectivity index (χ3n) is 5.87. The van der Waals surface area contributed by atoms with Gasteiger partial charge in [-0.2, -0.15) is 13.2 Å². The van der Waals surface area contributed by atoms with Gasteiger partial charge in [0.2, 0.25) is 5.91 Å². The molecule has 37 heavy (non-hydrogen) atoms. The molecule has 0 heterocycles. The molecule has 2 aromatic carbocycles. The van der Waals surface area contributed by atoms with Crippen molar-refractivity contribution in [3.05, 3.63) is 77.9 Å². The van der Waals surface area contributed by atoms with Crippen LogP contribution in [0.4, 0.5) is 13.2 Å². The van der Waals surface area contributed by atoms with Crippen molar-refractivity contribution in [3.63, 3.8) is 0 Å². The van der Waals surface area contributed by atoms with E-state index in [9.17, 15) is 31.4 Å². The Morgan fingerprint density at radius 2 is 1.81 bits per heavy atom. The minimum Gasteiger partial charge on any atom is -0.449 e.